The van der Waals surface area contributed by atoms with Crippen LogP contribution in [-0.2, 0) is 13.0 Å². The fourth-order valence-corrected chi connectivity index (χ4v) is 1.98. The first-order valence-electron chi connectivity index (χ1n) is 6.08. The minimum absolute atomic E-state index is 0.151. The lowest BCUT2D eigenvalue weighted by Crippen LogP contribution is -2.16. The molecule has 100 valence electrons. The molecule has 2 nitrogen and oxygen atoms in total. The van der Waals surface area contributed by atoms with E-state index in [0.29, 0.717) is 6.54 Å². The minimum atomic E-state index is -0.394. The zero-order valence-corrected chi connectivity index (χ0v) is 11.1. The number of benzene rings is 2. The van der Waals surface area contributed by atoms with Gasteiger partial charge in [-0.05, 0) is 48.4 Å². The van der Waals surface area contributed by atoms with Crippen molar-refractivity contribution >= 4 is 11.6 Å². The van der Waals surface area contributed by atoms with Gasteiger partial charge in [0.05, 0.1) is 5.02 Å². The molecule has 2 aromatic rings. The molecule has 0 aliphatic heterocycles. The molecule has 4 heteroatoms. The molecule has 2 N–H and O–H groups in total. The summed E-state index contributed by atoms with van der Waals surface area (Å²) in [6.07, 6.45) is 0.870. The maximum atomic E-state index is 13.0. The van der Waals surface area contributed by atoms with Crippen LogP contribution in [0.1, 0.15) is 11.1 Å². The Labute approximate surface area is 116 Å². The minimum Gasteiger partial charge on any atom is -0.508 e. The molecule has 0 heterocycles. The Kier molecular flexibility index (Phi) is 4.77. The van der Waals surface area contributed by atoms with E-state index in [-0.39, 0.29) is 10.8 Å². The van der Waals surface area contributed by atoms with Gasteiger partial charge in [0.2, 0.25) is 0 Å². The number of nitrogens with one attached hydrogen (secondary N) is 1. The second-order valence-electron chi connectivity index (χ2n) is 4.34. The average Bonchev–Trinajstić information content (AvgIpc) is 2.41. The van der Waals surface area contributed by atoms with Crippen molar-refractivity contribution in [3.63, 3.8) is 0 Å². The number of phenols is 1. The maximum absolute atomic E-state index is 13.0. The molecular weight excluding hydrogens is 265 g/mol. The smallest absolute Gasteiger partial charge is 0.141 e. The van der Waals surface area contributed by atoms with Crippen LogP contribution in [0.5, 0.6) is 5.75 Å². The number of hydrogen-bond donors (Lipinski definition) is 2. The third-order valence-corrected chi connectivity index (χ3v) is 3.13. The molecule has 0 fully saturated rings. The fraction of sp³-hybridized carbons (Fsp3) is 0.200. The van der Waals surface area contributed by atoms with Gasteiger partial charge in [-0.15, -0.1) is 0 Å². The quantitative estimate of drug-likeness (QED) is 0.821. The van der Waals surface area contributed by atoms with Crippen molar-refractivity contribution in [1.29, 1.82) is 0 Å². The summed E-state index contributed by atoms with van der Waals surface area (Å²) in [7, 11) is 0. The number of phenolic OH excluding ortho intramolecular Hbond substituents is 1. The SMILES string of the molecule is Oc1ccc(CCNCc2ccc(F)c(Cl)c2)cc1. The average molecular weight is 280 g/mol. The number of hydrogen-bond acceptors (Lipinski definition) is 2. The summed E-state index contributed by atoms with van der Waals surface area (Å²) in [4.78, 5) is 0. The third kappa shape index (κ3) is 4.23. The molecule has 0 amide bonds. The molecule has 0 aliphatic carbocycles. The van der Waals surface area contributed by atoms with Gasteiger partial charge < -0.3 is 10.4 Å². The highest BCUT2D eigenvalue weighted by Crippen LogP contribution is 2.15. The first kappa shape index (κ1) is 13.8. The van der Waals surface area contributed by atoms with Crippen LogP contribution in [0.15, 0.2) is 42.5 Å². The van der Waals surface area contributed by atoms with Crippen LogP contribution in [0, 0.1) is 5.82 Å². The monoisotopic (exact) mass is 279 g/mol. The van der Waals surface area contributed by atoms with E-state index in [1.165, 1.54) is 6.07 Å². The summed E-state index contributed by atoms with van der Waals surface area (Å²) in [5.74, 6) is -0.118. The van der Waals surface area contributed by atoms with E-state index in [9.17, 15) is 4.39 Å². The van der Waals surface area contributed by atoms with Crippen molar-refractivity contribution in [3.8, 4) is 5.75 Å². The molecule has 0 atom stereocenters. The van der Waals surface area contributed by atoms with Crippen LogP contribution in [0.25, 0.3) is 0 Å². The molecule has 0 saturated carbocycles. The van der Waals surface area contributed by atoms with E-state index in [0.717, 1.165) is 24.1 Å². The van der Waals surface area contributed by atoms with Crippen LogP contribution >= 0.6 is 11.6 Å². The van der Waals surface area contributed by atoms with Crippen LogP contribution in [0.4, 0.5) is 4.39 Å². The highest BCUT2D eigenvalue weighted by molar-refractivity contribution is 6.30. The van der Waals surface area contributed by atoms with E-state index in [2.05, 4.69) is 5.32 Å². The van der Waals surface area contributed by atoms with Gasteiger partial charge in [-0.1, -0.05) is 29.8 Å². The lowest BCUT2D eigenvalue weighted by Gasteiger charge is -2.06. The van der Waals surface area contributed by atoms with E-state index in [1.807, 2.05) is 12.1 Å². The normalized spacial score (nSPS) is 10.6. The molecule has 0 bridgehead atoms. The highest BCUT2D eigenvalue weighted by atomic mass is 35.5. The van der Waals surface area contributed by atoms with E-state index >= 15 is 0 Å². The fourth-order valence-electron chi connectivity index (χ4n) is 1.78. The maximum Gasteiger partial charge on any atom is 0.141 e. The zero-order valence-electron chi connectivity index (χ0n) is 10.4. The summed E-state index contributed by atoms with van der Waals surface area (Å²) < 4.78 is 13.0. The van der Waals surface area contributed by atoms with Gasteiger partial charge in [-0.3, -0.25) is 0 Å². The Morgan fingerprint density at radius 1 is 1.05 bits per heavy atom. The Morgan fingerprint density at radius 3 is 2.42 bits per heavy atom. The molecular formula is C15H15ClFNO. The zero-order chi connectivity index (χ0) is 13.7. The van der Waals surface area contributed by atoms with E-state index in [4.69, 9.17) is 16.7 Å². The molecule has 2 aromatic carbocycles. The van der Waals surface area contributed by atoms with Crippen LogP contribution in [0.3, 0.4) is 0 Å². The second-order valence-corrected chi connectivity index (χ2v) is 4.75. The van der Waals surface area contributed by atoms with Crippen LogP contribution in [-0.4, -0.2) is 11.7 Å². The summed E-state index contributed by atoms with van der Waals surface area (Å²) in [5.41, 5.74) is 2.11. The highest BCUT2D eigenvalue weighted by Gasteiger charge is 2.00. The Bertz CT molecular complexity index is 542. The van der Waals surface area contributed by atoms with Crippen molar-refractivity contribution < 1.29 is 9.50 Å². The number of aromatic hydroxyl groups is 1. The van der Waals surface area contributed by atoms with Crippen molar-refractivity contribution in [2.45, 2.75) is 13.0 Å². The van der Waals surface area contributed by atoms with Gasteiger partial charge in [0.1, 0.15) is 11.6 Å². The Morgan fingerprint density at radius 2 is 1.74 bits per heavy atom. The Hall–Kier alpha value is -1.58. The lowest BCUT2D eigenvalue weighted by molar-refractivity contribution is 0.475. The van der Waals surface area contributed by atoms with Crippen molar-refractivity contribution in [2.24, 2.45) is 0 Å². The molecule has 0 spiro atoms. The van der Waals surface area contributed by atoms with Crippen LogP contribution in [0.2, 0.25) is 5.02 Å². The number of halogens is 2. The molecule has 0 aliphatic rings. The second kappa shape index (κ2) is 6.55. The van der Waals surface area contributed by atoms with Gasteiger partial charge in [0, 0.05) is 6.54 Å². The summed E-state index contributed by atoms with van der Waals surface area (Å²) >= 11 is 5.71. The first-order valence-corrected chi connectivity index (χ1v) is 6.45. The molecule has 19 heavy (non-hydrogen) atoms. The number of rotatable bonds is 5. The summed E-state index contributed by atoms with van der Waals surface area (Å²) in [6, 6.07) is 11.9. The Balaban J connectivity index is 1.77. The standard InChI is InChI=1S/C15H15ClFNO/c16-14-9-12(3-6-15(14)17)10-18-8-7-11-1-4-13(19)5-2-11/h1-6,9,18-19H,7-8,10H2. The molecule has 0 saturated heterocycles. The summed E-state index contributed by atoms with van der Waals surface area (Å²) in [6.45, 7) is 1.46. The van der Waals surface area contributed by atoms with E-state index in [1.54, 1.807) is 24.3 Å². The van der Waals surface area contributed by atoms with Gasteiger partial charge in [-0.25, -0.2) is 4.39 Å². The van der Waals surface area contributed by atoms with Crippen molar-refractivity contribution in [3.05, 3.63) is 64.4 Å². The predicted molar refractivity (Wildman–Crippen MR) is 74.9 cm³/mol. The third-order valence-electron chi connectivity index (χ3n) is 2.84. The van der Waals surface area contributed by atoms with Crippen LogP contribution < -0.4 is 5.32 Å². The lowest BCUT2D eigenvalue weighted by atomic mass is 10.1. The van der Waals surface area contributed by atoms with Gasteiger partial charge in [0.15, 0.2) is 0 Å². The molecule has 0 radical (unpaired) electrons. The largest absolute Gasteiger partial charge is 0.508 e. The van der Waals surface area contributed by atoms with Gasteiger partial charge in [0.25, 0.3) is 0 Å². The van der Waals surface area contributed by atoms with E-state index < -0.39 is 5.82 Å². The summed E-state index contributed by atoms with van der Waals surface area (Å²) in [5, 5.41) is 12.6. The first-order chi connectivity index (χ1) is 9.15. The van der Waals surface area contributed by atoms with Crippen molar-refractivity contribution in [1.82, 2.24) is 5.32 Å². The molecule has 2 rings (SSSR count). The predicted octanol–water partition coefficient (Wildman–Crippen LogP) is 3.52. The van der Waals surface area contributed by atoms with Gasteiger partial charge in [-0.2, -0.15) is 0 Å². The van der Waals surface area contributed by atoms with Crippen molar-refractivity contribution in [2.75, 3.05) is 6.54 Å². The molecule has 0 unspecified atom stereocenters. The topological polar surface area (TPSA) is 32.3 Å². The van der Waals surface area contributed by atoms with Gasteiger partial charge >= 0.3 is 0 Å². The molecule has 0 aromatic heterocycles.